The summed E-state index contributed by atoms with van der Waals surface area (Å²) in [5.41, 5.74) is 1.58. The quantitative estimate of drug-likeness (QED) is 0.912. The molecule has 1 N–H and O–H groups in total. The normalized spacial score (nSPS) is 10.9. The van der Waals surface area contributed by atoms with Gasteiger partial charge in [-0.2, -0.15) is 0 Å². The van der Waals surface area contributed by atoms with Crippen LogP contribution >= 0.6 is 0 Å². The molecule has 0 spiro atoms. The third kappa shape index (κ3) is 3.05. The van der Waals surface area contributed by atoms with Crippen LogP contribution in [0.15, 0.2) is 35.1 Å². The highest BCUT2D eigenvalue weighted by Crippen LogP contribution is 2.13. The number of hydrogen-bond acceptors (Lipinski definition) is 3. The molecule has 0 atom stereocenters. The maximum atomic E-state index is 12.5. The van der Waals surface area contributed by atoms with E-state index in [-0.39, 0.29) is 18.0 Å². The van der Waals surface area contributed by atoms with E-state index in [1.807, 2.05) is 37.3 Å². The topological polar surface area (TPSA) is 59.3 Å². The van der Waals surface area contributed by atoms with Gasteiger partial charge in [0.1, 0.15) is 5.69 Å². The summed E-state index contributed by atoms with van der Waals surface area (Å²) in [6.45, 7) is 2.05. The lowest BCUT2D eigenvalue weighted by molar-refractivity contribution is -0.116. The van der Waals surface area contributed by atoms with E-state index in [1.54, 1.807) is 35.4 Å². The molecule has 0 radical (unpaired) electrons. The van der Waals surface area contributed by atoms with Crippen LogP contribution in [0.3, 0.4) is 0 Å². The van der Waals surface area contributed by atoms with Crippen LogP contribution in [0, 0.1) is 6.92 Å². The number of rotatable bonds is 4. The van der Waals surface area contributed by atoms with Gasteiger partial charge in [0.15, 0.2) is 0 Å². The van der Waals surface area contributed by atoms with Crippen molar-refractivity contribution in [2.45, 2.75) is 6.92 Å². The number of carbonyl (C=O) groups excluding carboxylic acids is 1. The highest BCUT2D eigenvalue weighted by atomic mass is 16.2. The van der Waals surface area contributed by atoms with Gasteiger partial charge in [-0.15, -0.1) is 0 Å². The minimum Gasteiger partial charge on any atom is -0.319 e. The van der Waals surface area contributed by atoms with Gasteiger partial charge >= 0.3 is 0 Å². The smallest absolute Gasteiger partial charge is 0.295 e. The standard InChI is InChI=1S/C15H20N4O2/c1-11-14(16-13(20)10-17(2)3)15(21)19(18(11)4)12-8-6-5-7-9-12/h5-9H,10H2,1-4H3,(H,16,20). The molecule has 112 valence electrons. The van der Waals surface area contributed by atoms with Crippen LogP contribution in [0.25, 0.3) is 5.69 Å². The van der Waals surface area contributed by atoms with Gasteiger partial charge in [-0.05, 0) is 33.2 Å². The van der Waals surface area contributed by atoms with Crippen molar-refractivity contribution in [3.8, 4) is 5.69 Å². The first-order chi connectivity index (χ1) is 9.91. The Morgan fingerprint density at radius 1 is 1.24 bits per heavy atom. The predicted molar refractivity (Wildman–Crippen MR) is 82.9 cm³/mol. The van der Waals surface area contributed by atoms with Crippen LogP contribution in [-0.4, -0.2) is 40.8 Å². The van der Waals surface area contributed by atoms with Crippen molar-refractivity contribution in [1.29, 1.82) is 0 Å². The molecule has 0 saturated heterocycles. The molecule has 0 saturated carbocycles. The van der Waals surface area contributed by atoms with Crippen LogP contribution in [-0.2, 0) is 11.8 Å². The monoisotopic (exact) mass is 288 g/mol. The largest absolute Gasteiger partial charge is 0.319 e. The van der Waals surface area contributed by atoms with Crippen molar-refractivity contribution in [2.24, 2.45) is 7.05 Å². The third-order valence-electron chi connectivity index (χ3n) is 3.28. The van der Waals surface area contributed by atoms with E-state index in [9.17, 15) is 9.59 Å². The number of aromatic nitrogens is 2. The molecule has 0 bridgehead atoms. The number of benzene rings is 1. The first-order valence-corrected chi connectivity index (χ1v) is 6.70. The second-order valence-corrected chi connectivity index (χ2v) is 5.22. The SMILES string of the molecule is Cc1c(NC(=O)CN(C)C)c(=O)n(-c2ccccc2)n1C. The third-order valence-corrected chi connectivity index (χ3v) is 3.28. The number of hydrogen-bond donors (Lipinski definition) is 1. The van der Waals surface area contributed by atoms with Crippen molar-refractivity contribution in [2.75, 3.05) is 26.0 Å². The number of likely N-dealkylation sites (N-methyl/N-ethyl adjacent to an activating group) is 1. The summed E-state index contributed by atoms with van der Waals surface area (Å²) in [5, 5.41) is 2.71. The molecular weight excluding hydrogens is 268 g/mol. The van der Waals surface area contributed by atoms with Crippen molar-refractivity contribution >= 4 is 11.6 Å². The number of anilines is 1. The molecule has 1 heterocycles. The molecule has 0 unspecified atom stereocenters. The van der Waals surface area contributed by atoms with E-state index in [2.05, 4.69) is 5.32 Å². The van der Waals surface area contributed by atoms with Gasteiger partial charge in [0.25, 0.3) is 5.56 Å². The molecule has 0 aliphatic carbocycles. The molecular formula is C15H20N4O2. The number of nitrogens with zero attached hydrogens (tertiary/aromatic N) is 3. The number of carbonyl (C=O) groups is 1. The molecule has 0 aliphatic rings. The highest BCUT2D eigenvalue weighted by Gasteiger charge is 2.17. The summed E-state index contributed by atoms with van der Waals surface area (Å²) in [6, 6.07) is 9.34. The van der Waals surface area contributed by atoms with Crippen LogP contribution in [0.1, 0.15) is 5.69 Å². The zero-order valence-electron chi connectivity index (χ0n) is 12.8. The van der Waals surface area contributed by atoms with E-state index in [0.29, 0.717) is 5.69 Å². The molecule has 2 aromatic rings. The van der Waals surface area contributed by atoms with Gasteiger partial charge in [0, 0.05) is 7.05 Å². The lowest BCUT2D eigenvalue weighted by atomic mass is 10.3. The molecule has 6 heteroatoms. The van der Waals surface area contributed by atoms with Crippen molar-refractivity contribution < 1.29 is 4.79 Å². The van der Waals surface area contributed by atoms with Crippen molar-refractivity contribution in [1.82, 2.24) is 14.3 Å². The summed E-state index contributed by atoms with van der Waals surface area (Å²) < 4.78 is 3.28. The zero-order chi connectivity index (χ0) is 15.6. The van der Waals surface area contributed by atoms with E-state index >= 15 is 0 Å². The minimum atomic E-state index is -0.228. The van der Waals surface area contributed by atoms with E-state index < -0.39 is 0 Å². The van der Waals surface area contributed by atoms with Gasteiger partial charge in [-0.3, -0.25) is 14.3 Å². The first kappa shape index (κ1) is 15.1. The van der Waals surface area contributed by atoms with Crippen LogP contribution in [0.2, 0.25) is 0 Å². The zero-order valence-corrected chi connectivity index (χ0v) is 12.8. The lowest BCUT2D eigenvalue weighted by Crippen LogP contribution is -2.29. The number of nitrogens with one attached hydrogen (secondary N) is 1. The van der Waals surface area contributed by atoms with Gasteiger partial charge < -0.3 is 10.2 Å². The van der Waals surface area contributed by atoms with Gasteiger partial charge in [0.05, 0.1) is 17.9 Å². The van der Waals surface area contributed by atoms with Crippen molar-refractivity contribution in [3.63, 3.8) is 0 Å². The Kier molecular flexibility index (Phi) is 4.28. The Labute approximate surface area is 123 Å². The summed E-state index contributed by atoms with van der Waals surface area (Å²) in [6.07, 6.45) is 0. The van der Waals surface area contributed by atoms with Crippen LogP contribution < -0.4 is 10.9 Å². The molecule has 0 aliphatic heterocycles. The fourth-order valence-corrected chi connectivity index (χ4v) is 2.18. The molecule has 1 aromatic carbocycles. The molecule has 6 nitrogen and oxygen atoms in total. The van der Waals surface area contributed by atoms with Gasteiger partial charge in [-0.25, -0.2) is 4.68 Å². The summed E-state index contributed by atoms with van der Waals surface area (Å²) in [5.74, 6) is -0.203. The van der Waals surface area contributed by atoms with Crippen LogP contribution in [0.5, 0.6) is 0 Å². The highest BCUT2D eigenvalue weighted by molar-refractivity contribution is 5.92. The minimum absolute atomic E-state index is 0.203. The molecule has 0 fully saturated rings. The maximum Gasteiger partial charge on any atom is 0.295 e. The Hall–Kier alpha value is -2.34. The molecule has 1 aromatic heterocycles. The van der Waals surface area contributed by atoms with E-state index in [1.165, 1.54) is 0 Å². The Balaban J connectivity index is 2.42. The van der Waals surface area contributed by atoms with Crippen LogP contribution in [0.4, 0.5) is 5.69 Å². The first-order valence-electron chi connectivity index (χ1n) is 6.70. The van der Waals surface area contributed by atoms with Gasteiger partial charge in [0.2, 0.25) is 5.91 Å². The Morgan fingerprint density at radius 2 is 1.86 bits per heavy atom. The maximum absolute atomic E-state index is 12.5. The lowest BCUT2D eigenvalue weighted by Gasteiger charge is -2.09. The second-order valence-electron chi connectivity index (χ2n) is 5.22. The van der Waals surface area contributed by atoms with Gasteiger partial charge in [-0.1, -0.05) is 18.2 Å². The summed E-state index contributed by atoms with van der Waals surface area (Å²) in [7, 11) is 5.41. The fourth-order valence-electron chi connectivity index (χ4n) is 2.18. The molecule has 2 rings (SSSR count). The molecule has 1 amide bonds. The average Bonchev–Trinajstić information content (AvgIpc) is 2.63. The fraction of sp³-hybridized carbons (Fsp3) is 0.333. The van der Waals surface area contributed by atoms with E-state index in [0.717, 1.165) is 11.4 Å². The summed E-state index contributed by atoms with van der Waals surface area (Å²) >= 11 is 0. The van der Waals surface area contributed by atoms with E-state index in [4.69, 9.17) is 0 Å². The summed E-state index contributed by atoms with van der Waals surface area (Å²) in [4.78, 5) is 26.2. The number of amides is 1. The predicted octanol–water partition coefficient (Wildman–Crippen LogP) is 0.985. The Bertz CT molecular complexity index is 698. The number of para-hydroxylation sites is 1. The molecule has 21 heavy (non-hydrogen) atoms. The second kappa shape index (κ2) is 5.97. The average molecular weight is 288 g/mol. The Morgan fingerprint density at radius 3 is 2.43 bits per heavy atom. The van der Waals surface area contributed by atoms with Crippen molar-refractivity contribution in [3.05, 3.63) is 46.4 Å².